The van der Waals surface area contributed by atoms with Crippen LogP contribution in [0.1, 0.15) is 12.8 Å². The van der Waals surface area contributed by atoms with Crippen molar-refractivity contribution in [1.82, 2.24) is 31.3 Å². The Morgan fingerprint density at radius 2 is 2.20 bits per heavy atom. The SMILES string of the molecule is CN(C)CCC1CNN(C2CCNCC2NC(=O)C2C(N)[N-][NH+]3CC(F)CNC23)C1. The maximum atomic E-state index is 13.7. The number of piperidine rings is 1. The number of alkyl halides is 1. The van der Waals surface area contributed by atoms with Crippen LogP contribution in [0, 0.1) is 11.8 Å². The number of amides is 1. The van der Waals surface area contributed by atoms with E-state index in [-0.39, 0.29) is 37.2 Å². The first-order chi connectivity index (χ1) is 14.4. The summed E-state index contributed by atoms with van der Waals surface area (Å²) in [5, 5.41) is 12.8. The fourth-order valence-electron chi connectivity index (χ4n) is 5.23. The minimum Gasteiger partial charge on any atom is -0.436 e. The lowest BCUT2D eigenvalue weighted by molar-refractivity contribution is -0.891. The van der Waals surface area contributed by atoms with Crippen LogP contribution in [0.3, 0.4) is 0 Å². The van der Waals surface area contributed by atoms with E-state index in [1.807, 2.05) is 0 Å². The van der Waals surface area contributed by atoms with E-state index in [2.05, 4.69) is 50.8 Å². The molecule has 10 nitrogen and oxygen atoms in total. The Morgan fingerprint density at radius 3 is 3.00 bits per heavy atom. The van der Waals surface area contributed by atoms with E-state index in [1.165, 1.54) is 6.42 Å². The summed E-state index contributed by atoms with van der Waals surface area (Å²) in [6.07, 6.45) is 0.323. The molecule has 30 heavy (non-hydrogen) atoms. The molecule has 0 bridgehead atoms. The van der Waals surface area contributed by atoms with Crippen LogP contribution in [0.4, 0.5) is 4.39 Å². The second-order valence-corrected chi connectivity index (χ2v) is 9.47. The summed E-state index contributed by atoms with van der Waals surface area (Å²) < 4.78 is 13.7. The smallest absolute Gasteiger partial charge is 0.230 e. The Bertz CT molecular complexity index is 596. The van der Waals surface area contributed by atoms with Gasteiger partial charge in [0.2, 0.25) is 5.91 Å². The highest BCUT2D eigenvalue weighted by Crippen LogP contribution is 2.21. The highest BCUT2D eigenvalue weighted by Gasteiger charge is 2.46. The first kappa shape index (κ1) is 22.3. The van der Waals surface area contributed by atoms with E-state index < -0.39 is 18.3 Å². The van der Waals surface area contributed by atoms with Crippen molar-refractivity contribution >= 4 is 5.91 Å². The molecule has 4 rings (SSSR count). The van der Waals surface area contributed by atoms with Gasteiger partial charge in [0.25, 0.3) is 0 Å². The Hall–Kier alpha value is -0.920. The van der Waals surface area contributed by atoms with Crippen molar-refractivity contribution in [2.45, 2.75) is 43.4 Å². The molecule has 0 aromatic rings. The molecule has 0 saturated carbocycles. The normalized spacial score (nSPS) is 42.4. The predicted octanol–water partition coefficient (Wildman–Crippen LogP) is -3.42. The number of hydrogen-bond acceptors (Lipinski definition) is 7. The number of nitrogens with zero attached hydrogens (tertiary/aromatic N) is 3. The van der Waals surface area contributed by atoms with E-state index >= 15 is 0 Å². The number of fused-ring (bicyclic) bond motifs is 1. The largest absolute Gasteiger partial charge is 0.436 e. The van der Waals surface area contributed by atoms with Crippen molar-refractivity contribution < 1.29 is 14.2 Å². The van der Waals surface area contributed by atoms with Gasteiger partial charge in [0.05, 0.1) is 6.04 Å². The van der Waals surface area contributed by atoms with Crippen LogP contribution in [0.2, 0.25) is 0 Å². The summed E-state index contributed by atoms with van der Waals surface area (Å²) in [4.78, 5) is 15.4. The molecular formula is C19H38FN9O. The molecule has 4 heterocycles. The van der Waals surface area contributed by atoms with Gasteiger partial charge in [-0.15, -0.1) is 0 Å². The molecule has 0 aromatic heterocycles. The third-order valence-corrected chi connectivity index (χ3v) is 6.89. The summed E-state index contributed by atoms with van der Waals surface area (Å²) in [6, 6.07) is 0.243. The van der Waals surface area contributed by atoms with Crippen LogP contribution in [-0.2, 0) is 4.79 Å². The van der Waals surface area contributed by atoms with E-state index in [9.17, 15) is 9.18 Å². The molecule has 4 aliphatic heterocycles. The molecule has 1 amide bonds. The lowest BCUT2D eigenvalue weighted by atomic mass is 9.96. The van der Waals surface area contributed by atoms with E-state index in [4.69, 9.17) is 5.73 Å². The predicted molar refractivity (Wildman–Crippen MR) is 112 cm³/mol. The van der Waals surface area contributed by atoms with Crippen LogP contribution in [-0.4, -0.2) is 106 Å². The molecule has 172 valence electrons. The van der Waals surface area contributed by atoms with Crippen molar-refractivity contribution in [3.8, 4) is 0 Å². The Morgan fingerprint density at radius 1 is 1.37 bits per heavy atom. The second-order valence-electron chi connectivity index (χ2n) is 9.47. The highest BCUT2D eigenvalue weighted by molar-refractivity contribution is 5.81. The molecule has 4 saturated heterocycles. The van der Waals surface area contributed by atoms with Gasteiger partial charge in [-0.05, 0) is 52.1 Å². The maximum absolute atomic E-state index is 13.7. The molecular weight excluding hydrogens is 389 g/mol. The van der Waals surface area contributed by atoms with Crippen molar-refractivity contribution in [3.05, 3.63) is 5.43 Å². The molecule has 8 unspecified atom stereocenters. The third-order valence-electron chi connectivity index (χ3n) is 6.89. The quantitative estimate of drug-likeness (QED) is 0.262. The summed E-state index contributed by atoms with van der Waals surface area (Å²) in [6.45, 7) is 5.27. The molecule has 8 atom stereocenters. The lowest BCUT2D eigenvalue weighted by Gasteiger charge is -2.40. The highest BCUT2D eigenvalue weighted by atomic mass is 19.1. The van der Waals surface area contributed by atoms with Crippen molar-refractivity contribution in [1.29, 1.82) is 0 Å². The van der Waals surface area contributed by atoms with Gasteiger partial charge >= 0.3 is 0 Å². The number of rotatable bonds is 6. The number of quaternary nitrogens is 1. The number of nitrogens with one attached hydrogen (secondary N) is 5. The number of halogens is 1. The van der Waals surface area contributed by atoms with E-state index in [1.54, 1.807) is 0 Å². The van der Waals surface area contributed by atoms with Gasteiger partial charge in [0, 0.05) is 32.2 Å². The van der Waals surface area contributed by atoms with Crippen LogP contribution in [0.25, 0.3) is 5.43 Å². The topological polar surface area (TPSA) is 116 Å². The zero-order valence-corrected chi connectivity index (χ0v) is 18.1. The Kier molecular flexibility index (Phi) is 7.20. The van der Waals surface area contributed by atoms with Crippen LogP contribution >= 0.6 is 0 Å². The van der Waals surface area contributed by atoms with E-state index in [0.717, 1.165) is 39.1 Å². The number of hydrogen-bond donors (Lipinski definition) is 6. The van der Waals surface area contributed by atoms with Gasteiger partial charge in [0.1, 0.15) is 18.6 Å². The minimum absolute atomic E-state index is 0.000105. The van der Waals surface area contributed by atoms with Crippen molar-refractivity contribution in [2.75, 3.05) is 59.9 Å². The average Bonchev–Trinajstić information content (AvgIpc) is 3.30. The van der Waals surface area contributed by atoms with Crippen LogP contribution in [0.15, 0.2) is 0 Å². The van der Waals surface area contributed by atoms with Crippen molar-refractivity contribution in [2.24, 2.45) is 17.6 Å². The monoisotopic (exact) mass is 427 g/mol. The van der Waals surface area contributed by atoms with Gasteiger partial charge in [-0.3, -0.25) is 15.5 Å². The van der Waals surface area contributed by atoms with Gasteiger partial charge in [0.15, 0.2) is 6.17 Å². The van der Waals surface area contributed by atoms with E-state index in [0.29, 0.717) is 10.9 Å². The fraction of sp³-hybridized carbons (Fsp3) is 0.947. The standard InChI is InChI=1S/C19H38FN9O/c1-27(2)6-4-12-7-24-28(10-12)15-3-5-22-9-14(15)25-19(30)16-17(21)26-29-11-13(20)8-23-18(16)29/h12-18,22-24,29H,3-11,21H2,1-2H3,(H,25,30). The molecule has 7 N–H and O–H groups in total. The molecule has 0 aliphatic carbocycles. The molecule has 0 radical (unpaired) electrons. The number of nitrogens with two attached hydrogens (primary N) is 1. The van der Waals surface area contributed by atoms with Gasteiger partial charge in [-0.1, -0.05) is 0 Å². The van der Waals surface area contributed by atoms with Gasteiger partial charge < -0.3 is 31.7 Å². The minimum atomic E-state index is -0.956. The third kappa shape index (κ3) is 4.94. The zero-order chi connectivity index (χ0) is 21.3. The first-order valence-electron chi connectivity index (χ1n) is 11.3. The van der Waals surface area contributed by atoms with Crippen LogP contribution < -0.4 is 32.1 Å². The zero-order valence-electron chi connectivity index (χ0n) is 18.1. The molecule has 4 fully saturated rings. The number of carbonyl (C=O) groups excluding carboxylic acids is 1. The maximum Gasteiger partial charge on any atom is 0.230 e. The van der Waals surface area contributed by atoms with Crippen LogP contribution in [0.5, 0.6) is 0 Å². The second kappa shape index (κ2) is 9.70. The molecule has 0 spiro atoms. The summed E-state index contributed by atoms with van der Waals surface area (Å²) in [7, 11) is 4.21. The number of carbonyl (C=O) groups is 1. The van der Waals surface area contributed by atoms with Gasteiger partial charge in [-0.25, -0.2) is 9.40 Å². The summed E-state index contributed by atoms with van der Waals surface area (Å²) in [5.74, 6) is 0.0606. The summed E-state index contributed by atoms with van der Waals surface area (Å²) >= 11 is 0. The molecule has 4 aliphatic rings. The summed E-state index contributed by atoms with van der Waals surface area (Å²) in [5.41, 5.74) is 14.1. The van der Waals surface area contributed by atoms with Crippen molar-refractivity contribution in [3.63, 3.8) is 0 Å². The van der Waals surface area contributed by atoms with Gasteiger partial charge in [-0.2, -0.15) is 0 Å². The number of hydrazine groups is 1. The molecule has 0 aromatic carbocycles. The Labute approximate surface area is 178 Å². The lowest BCUT2D eigenvalue weighted by Crippen LogP contribution is -3.15. The first-order valence-corrected chi connectivity index (χ1v) is 11.3. The Balaban J connectivity index is 1.35. The average molecular weight is 428 g/mol. The molecule has 11 heteroatoms. The fourth-order valence-corrected chi connectivity index (χ4v) is 5.23.